The summed E-state index contributed by atoms with van der Waals surface area (Å²) < 4.78 is 3.57. The van der Waals surface area contributed by atoms with Crippen molar-refractivity contribution in [3.05, 3.63) is 64.3 Å². The lowest BCUT2D eigenvalue weighted by atomic mass is 10.2. The fraction of sp³-hybridized carbons (Fsp3) is 0.222. The van der Waals surface area contributed by atoms with Crippen LogP contribution in [0.25, 0.3) is 10.9 Å². The molecule has 0 fully saturated rings. The lowest BCUT2D eigenvalue weighted by Gasteiger charge is -2.11. The number of hydrogen-bond acceptors (Lipinski definition) is 1. The summed E-state index contributed by atoms with van der Waals surface area (Å²) in [6, 6.07) is 17.0. The number of anilines is 1. The molecule has 108 valence electrons. The summed E-state index contributed by atoms with van der Waals surface area (Å²) >= 11 is 3.71. The highest BCUT2D eigenvalue weighted by Crippen LogP contribution is 2.30. The van der Waals surface area contributed by atoms with Crippen LogP contribution in [0.15, 0.2) is 53.0 Å². The second-order valence-corrected chi connectivity index (χ2v) is 6.16. The summed E-state index contributed by atoms with van der Waals surface area (Å²) in [7, 11) is 0. The Kier molecular flexibility index (Phi) is 4.02. The van der Waals surface area contributed by atoms with Crippen LogP contribution in [0.2, 0.25) is 0 Å². The Labute approximate surface area is 133 Å². The molecule has 0 amide bonds. The van der Waals surface area contributed by atoms with E-state index >= 15 is 0 Å². The maximum atomic E-state index is 3.71. The van der Waals surface area contributed by atoms with E-state index in [1.165, 1.54) is 32.3 Å². The number of fused-ring (bicyclic) bond motifs is 1. The first-order chi connectivity index (χ1) is 10.2. The monoisotopic (exact) mass is 342 g/mol. The van der Waals surface area contributed by atoms with Gasteiger partial charge in [0.05, 0.1) is 0 Å². The van der Waals surface area contributed by atoms with E-state index in [4.69, 9.17) is 0 Å². The molecule has 0 aliphatic heterocycles. The topological polar surface area (TPSA) is 17.0 Å². The Morgan fingerprint density at radius 1 is 1.05 bits per heavy atom. The van der Waals surface area contributed by atoms with Crippen molar-refractivity contribution in [1.29, 1.82) is 0 Å². The molecule has 1 aromatic heterocycles. The van der Waals surface area contributed by atoms with Crippen LogP contribution in [0.4, 0.5) is 5.69 Å². The second kappa shape index (κ2) is 5.94. The zero-order chi connectivity index (χ0) is 14.8. The van der Waals surface area contributed by atoms with Crippen molar-refractivity contribution in [2.45, 2.75) is 20.4 Å². The first kappa shape index (κ1) is 14.2. The standard InChI is InChI=1S/C18H19BrN2/c1-13-6-5-7-15(12-13)20-10-11-21-14(2)18(19)16-8-3-4-9-17(16)21/h3-9,12,20H,10-11H2,1-2H3. The third-order valence-corrected chi connectivity index (χ3v) is 4.84. The molecule has 3 aromatic rings. The van der Waals surface area contributed by atoms with Gasteiger partial charge in [-0.15, -0.1) is 0 Å². The summed E-state index contributed by atoms with van der Waals surface area (Å²) in [5, 5.41) is 4.78. The van der Waals surface area contributed by atoms with Gasteiger partial charge in [-0.1, -0.05) is 30.3 Å². The Balaban J connectivity index is 1.78. The Bertz CT molecular complexity index is 774. The van der Waals surface area contributed by atoms with E-state index in [9.17, 15) is 0 Å². The number of aromatic nitrogens is 1. The van der Waals surface area contributed by atoms with Crippen LogP contribution < -0.4 is 5.32 Å². The SMILES string of the molecule is Cc1cccc(NCCn2c(C)c(Br)c3ccccc32)c1. The van der Waals surface area contributed by atoms with Gasteiger partial charge in [0.2, 0.25) is 0 Å². The lowest BCUT2D eigenvalue weighted by molar-refractivity contribution is 0.733. The van der Waals surface area contributed by atoms with E-state index < -0.39 is 0 Å². The molecular formula is C18H19BrN2. The minimum Gasteiger partial charge on any atom is -0.383 e. The van der Waals surface area contributed by atoms with Crippen molar-refractivity contribution in [2.24, 2.45) is 0 Å². The number of rotatable bonds is 4. The molecule has 0 spiro atoms. The highest BCUT2D eigenvalue weighted by molar-refractivity contribution is 9.10. The molecule has 3 rings (SSSR count). The molecule has 0 aliphatic carbocycles. The van der Waals surface area contributed by atoms with Crippen molar-refractivity contribution < 1.29 is 0 Å². The first-order valence-electron chi connectivity index (χ1n) is 7.20. The largest absolute Gasteiger partial charge is 0.383 e. The van der Waals surface area contributed by atoms with Crippen molar-refractivity contribution in [3.63, 3.8) is 0 Å². The molecule has 0 saturated heterocycles. The van der Waals surface area contributed by atoms with E-state index in [1.807, 2.05) is 0 Å². The smallest absolute Gasteiger partial charge is 0.0494 e. The predicted octanol–water partition coefficient (Wildman–Crippen LogP) is 5.13. The predicted molar refractivity (Wildman–Crippen MR) is 94.0 cm³/mol. The highest BCUT2D eigenvalue weighted by Gasteiger charge is 2.10. The number of halogens is 1. The van der Waals surface area contributed by atoms with E-state index in [0.29, 0.717) is 0 Å². The molecule has 2 nitrogen and oxygen atoms in total. The Hall–Kier alpha value is -1.74. The molecule has 1 N–H and O–H groups in total. The van der Waals surface area contributed by atoms with Gasteiger partial charge in [-0.05, 0) is 53.5 Å². The summed E-state index contributed by atoms with van der Waals surface area (Å²) in [4.78, 5) is 0. The van der Waals surface area contributed by atoms with Crippen molar-refractivity contribution in [1.82, 2.24) is 4.57 Å². The third kappa shape index (κ3) is 2.84. The number of para-hydroxylation sites is 1. The summed E-state index contributed by atoms with van der Waals surface area (Å²) in [5.74, 6) is 0. The average Bonchev–Trinajstić information content (AvgIpc) is 2.73. The van der Waals surface area contributed by atoms with Gasteiger partial charge in [0.15, 0.2) is 0 Å². The zero-order valence-corrected chi connectivity index (χ0v) is 13.9. The van der Waals surface area contributed by atoms with Gasteiger partial charge >= 0.3 is 0 Å². The maximum absolute atomic E-state index is 3.71. The molecular weight excluding hydrogens is 324 g/mol. The fourth-order valence-corrected chi connectivity index (χ4v) is 3.29. The van der Waals surface area contributed by atoms with Crippen LogP contribution in [0.5, 0.6) is 0 Å². The minimum absolute atomic E-state index is 0.912. The Morgan fingerprint density at radius 2 is 1.86 bits per heavy atom. The zero-order valence-electron chi connectivity index (χ0n) is 12.4. The molecule has 0 radical (unpaired) electrons. The van der Waals surface area contributed by atoms with E-state index in [-0.39, 0.29) is 0 Å². The van der Waals surface area contributed by atoms with Crippen molar-refractivity contribution in [3.8, 4) is 0 Å². The van der Waals surface area contributed by atoms with Crippen molar-refractivity contribution in [2.75, 3.05) is 11.9 Å². The van der Waals surface area contributed by atoms with Crippen LogP contribution in [-0.2, 0) is 6.54 Å². The first-order valence-corrected chi connectivity index (χ1v) is 8.00. The molecule has 0 bridgehead atoms. The molecule has 0 unspecified atom stereocenters. The average molecular weight is 343 g/mol. The number of benzene rings is 2. The minimum atomic E-state index is 0.912. The molecule has 21 heavy (non-hydrogen) atoms. The molecule has 0 saturated carbocycles. The fourth-order valence-electron chi connectivity index (χ4n) is 2.74. The molecule has 1 heterocycles. The van der Waals surface area contributed by atoms with Gasteiger partial charge in [0.1, 0.15) is 0 Å². The van der Waals surface area contributed by atoms with E-state index in [2.05, 4.69) is 88.2 Å². The second-order valence-electron chi connectivity index (χ2n) is 5.36. The van der Waals surface area contributed by atoms with Crippen molar-refractivity contribution >= 4 is 32.5 Å². The van der Waals surface area contributed by atoms with Gasteiger partial charge in [-0.25, -0.2) is 0 Å². The highest BCUT2D eigenvalue weighted by atomic mass is 79.9. The molecule has 3 heteroatoms. The van der Waals surface area contributed by atoms with Gasteiger partial charge in [-0.3, -0.25) is 0 Å². The van der Waals surface area contributed by atoms with Crippen LogP contribution in [-0.4, -0.2) is 11.1 Å². The van der Waals surface area contributed by atoms with Gasteiger partial charge in [0, 0.05) is 39.8 Å². The quantitative estimate of drug-likeness (QED) is 0.695. The molecule has 0 atom stereocenters. The summed E-state index contributed by atoms with van der Waals surface area (Å²) in [6.45, 7) is 6.14. The number of nitrogens with one attached hydrogen (secondary N) is 1. The van der Waals surface area contributed by atoms with Gasteiger partial charge < -0.3 is 9.88 Å². The Morgan fingerprint density at radius 3 is 2.67 bits per heavy atom. The van der Waals surface area contributed by atoms with Crippen LogP contribution in [0, 0.1) is 13.8 Å². The lowest BCUT2D eigenvalue weighted by Crippen LogP contribution is -2.11. The summed E-state index contributed by atoms with van der Waals surface area (Å²) in [6.07, 6.45) is 0. The normalized spacial score (nSPS) is 11.0. The summed E-state index contributed by atoms with van der Waals surface area (Å²) in [5.41, 5.74) is 5.03. The van der Waals surface area contributed by atoms with Crippen LogP contribution in [0.1, 0.15) is 11.3 Å². The maximum Gasteiger partial charge on any atom is 0.0494 e. The number of hydrogen-bond donors (Lipinski definition) is 1. The molecule has 0 aliphatic rings. The van der Waals surface area contributed by atoms with E-state index in [1.54, 1.807) is 0 Å². The van der Waals surface area contributed by atoms with Crippen LogP contribution >= 0.6 is 15.9 Å². The number of aryl methyl sites for hydroxylation is 1. The number of nitrogens with zero attached hydrogens (tertiary/aromatic N) is 1. The third-order valence-electron chi connectivity index (χ3n) is 3.84. The molecule has 2 aromatic carbocycles. The van der Waals surface area contributed by atoms with Crippen LogP contribution in [0.3, 0.4) is 0 Å². The van der Waals surface area contributed by atoms with Gasteiger partial charge in [0.25, 0.3) is 0 Å². The van der Waals surface area contributed by atoms with Gasteiger partial charge in [-0.2, -0.15) is 0 Å². The van der Waals surface area contributed by atoms with E-state index in [0.717, 1.165) is 13.1 Å².